The van der Waals surface area contributed by atoms with Gasteiger partial charge in [0, 0.05) is 59.0 Å². The first kappa shape index (κ1) is 20.3. The third kappa shape index (κ3) is 5.79. The van der Waals surface area contributed by atoms with E-state index < -0.39 is 0 Å². The van der Waals surface area contributed by atoms with Gasteiger partial charge in [0.15, 0.2) is 0 Å². The molecule has 1 aromatic rings. The first-order chi connectivity index (χ1) is 13.2. The van der Waals surface area contributed by atoms with Gasteiger partial charge in [-0.3, -0.25) is 4.90 Å². The standard InChI is InChI=1S/C22H35N3O2/c1-3-23-11-13-24(14-12-23)15-20-16-25(17-21(20)18-26)10-4-5-19-6-8-22(27-2)9-7-19/h4-9,20-21,26H,3,10-18H2,1-2H3/t20-,21-/m1/s1. The Morgan fingerprint density at radius 1 is 1.00 bits per heavy atom. The number of hydrogen-bond acceptors (Lipinski definition) is 5. The average Bonchev–Trinajstić information content (AvgIpc) is 3.10. The number of piperazine rings is 1. The lowest BCUT2D eigenvalue weighted by atomic mass is 9.96. The van der Waals surface area contributed by atoms with Crippen LogP contribution >= 0.6 is 0 Å². The molecule has 2 aliphatic heterocycles. The SMILES string of the molecule is CCN1CCN(C[C@@H]2CN(CC=Cc3ccc(OC)cc3)C[C@@H]2CO)CC1. The van der Waals surface area contributed by atoms with Gasteiger partial charge < -0.3 is 19.6 Å². The fourth-order valence-electron chi connectivity index (χ4n) is 4.27. The van der Waals surface area contributed by atoms with Crippen molar-refractivity contribution in [3.8, 4) is 5.75 Å². The Labute approximate surface area is 164 Å². The first-order valence-corrected chi connectivity index (χ1v) is 10.3. The van der Waals surface area contributed by atoms with Crippen molar-refractivity contribution < 1.29 is 9.84 Å². The van der Waals surface area contributed by atoms with Gasteiger partial charge in [-0.25, -0.2) is 0 Å². The minimum atomic E-state index is 0.304. The van der Waals surface area contributed by atoms with Crippen LogP contribution in [0.15, 0.2) is 30.3 Å². The van der Waals surface area contributed by atoms with E-state index in [1.54, 1.807) is 7.11 Å². The number of likely N-dealkylation sites (N-methyl/N-ethyl adjacent to an activating group) is 1. The van der Waals surface area contributed by atoms with Gasteiger partial charge in [-0.1, -0.05) is 31.2 Å². The Balaban J connectivity index is 1.46. The minimum Gasteiger partial charge on any atom is -0.497 e. The molecule has 2 aliphatic rings. The summed E-state index contributed by atoms with van der Waals surface area (Å²) in [6.07, 6.45) is 4.41. The maximum Gasteiger partial charge on any atom is 0.118 e. The zero-order valence-corrected chi connectivity index (χ0v) is 16.9. The number of benzene rings is 1. The molecule has 1 aromatic carbocycles. The summed E-state index contributed by atoms with van der Waals surface area (Å²) in [6, 6.07) is 8.14. The number of aliphatic hydroxyl groups is 1. The monoisotopic (exact) mass is 373 g/mol. The topological polar surface area (TPSA) is 39.2 Å². The van der Waals surface area contributed by atoms with Gasteiger partial charge in [-0.05, 0) is 36.1 Å². The number of nitrogens with zero attached hydrogens (tertiary/aromatic N) is 3. The number of methoxy groups -OCH3 is 1. The Kier molecular flexibility index (Phi) is 7.70. The van der Waals surface area contributed by atoms with Gasteiger partial charge in [0.25, 0.3) is 0 Å². The Bertz CT molecular complexity index is 582. The maximum absolute atomic E-state index is 9.83. The fraction of sp³-hybridized carbons (Fsp3) is 0.636. The van der Waals surface area contributed by atoms with Crippen LogP contribution in [-0.4, -0.2) is 92.4 Å². The zero-order chi connectivity index (χ0) is 19.1. The van der Waals surface area contributed by atoms with Gasteiger partial charge in [0.2, 0.25) is 0 Å². The molecule has 0 bridgehead atoms. The quantitative estimate of drug-likeness (QED) is 0.753. The van der Waals surface area contributed by atoms with E-state index in [2.05, 4.69) is 45.9 Å². The highest BCUT2D eigenvalue weighted by atomic mass is 16.5. The summed E-state index contributed by atoms with van der Waals surface area (Å²) < 4.78 is 5.20. The lowest BCUT2D eigenvalue weighted by Gasteiger charge is -2.36. The molecule has 0 aliphatic carbocycles. The number of ether oxygens (including phenoxy) is 1. The predicted molar refractivity (Wildman–Crippen MR) is 111 cm³/mol. The molecule has 0 saturated carbocycles. The van der Waals surface area contributed by atoms with Gasteiger partial charge in [-0.15, -0.1) is 0 Å². The second-order valence-corrected chi connectivity index (χ2v) is 7.83. The van der Waals surface area contributed by atoms with E-state index in [0.29, 0.717) is 18.4 Å². The van der Waals surface area contributed by atoms with E-state index in [0.717, 1.165) is 38.5 Å². The van der Waals surface area contributed by atoms with Gasteiger partial charge in [0.1, 0.15) is 5.75 Å². The van der Waals surface area contributed by atoms with Crippen molar-refractivity contribution in [3.63, 3.8) is 0 Å². The molecule has 0 unspecified atom stereocenters. The van der Waals surface area contributed by atoms with E-state index in [1.807, 2.05) is 12.1 Å². The van der Waals surface area contributed by atoms with Gasteiger partial charge in [-0.2, -0.15) is 0 Å². The van der Waals surface area contributed by atoms with Crippen LogP contribution < -0.4 is 4.74 Å². The number of rotatable bonds is 8. The number of aliphatic hydroxyl groups excluding tert-OH is 1. The van der Waals surface area contributed by atoms with Crippen molar-refractivity contribution in [1.29, 1.82) is 0 Å². The first-order valence-electron chi connectivity index (χ1n) is 10.3. The summed E-state index contributed by atoms with van der Waals surface area (Å²) in [4.78, 5) is 7.59. The Morgan fingerprint density at radius 3 is 2.30 bits per heavy atom. The third-order valence-electron chi connectivity index (χ3n) is 6.08. The van der Waals surface area contributed by atoms with Crippen molar-refractivity contribution in [1.82, 2.24) is 14.7 Å². The molecule has 5 nitrogen and oxygen atoms in total. The summed E-state index contributed by atoms with van der Waals surface area (Å²) in [5, 5.41) is 9.83. The van der Waals surface area contributed by atoms with Crippen molar-refractivity contribution >= 4 is 6.08 Å². The molecule has 0 amide bonds. The molecule has 3 rings (SSSR count). The largest absolute Gasteiger partial charge is 0.497 e. The van der Waals surface area contributed by atoms with E-state index in [-0.39, 0.29) is 0 Å². The van der Waals surface area contributed by atoms with Crippen molar-refractivity contribution in [2.24, 2.45) is 11.8 Å². The molecular formula is C22H35N3O2. The summed E-state index contributed by atoms with van der Waals surface area (Å²) in [7, 11) is 1.69. The minimum absolute atomic E-state index is 0.304. The molecule has 2 fully saturated rings. The average molecular weight is 374 g/mol. The molecule has 0 aromatic heterocycles. The number of likely N-dealkylation sites (tertiary alicyclic amines) is 1. The van der Waals surface area contributed by atoms with E-state index >= 15 is 0 Å². The smallest absolute Gasteiger partial charge is 0.118 e. The second kappa shape index (κ2) is 10.2. The highest BCUT2D eigenvalue weighted by molar-refractivity contribution is 5.50. The molecule has 1 N–H and O–H groups in total. The molecule has 2 atom stereocenters. The van der Waals surface area contributed by atoms with E-state index in [1.165, 1.54) is 31.7 Å². The van der Waals surface area contributed by atoms with Crippen LogP contribution in [0.3, 0.4) is 0 Å². The molecule has 0 spiro atoms. The van der Waals surface area contributed by atoms with Crippen molar-refractivity contribution in [2.45, 2.75) is 6.92 Å². The fourth-order valence-corrected chi connectivity index (χ4v) is 4.27. The molecule has 2 heterocycles. The molecule has 150 valence electrons. The summed E-state index contributed by atoms with van der Waals surface area (Å²) >= 11 is 0. The van der Waals surface area contributed by atoms with Crippen LogP contribution in [0, 0.1) is 11.8 Å². The summed E-state index contributed by atoms with van der Waals surface area (Å²) in [6.45, 7) is 12.6. The maximum atomic E-state index is 9.83. The zero-order valence-electron chi connectivity index (χ0n) is 16.9. The summed E-state index contributed by atoms with van der Waals surface area (Å²) in [5.74, 6) is 1.88. The Hall–Kier alpha value is -1.40. The van der Waals surface area contributed by atoms with E-state index in [4.69, 9.17) is 4.74 Å². The van der Waals surface area contributed by atoms with Crippen molar-refractivity contribution in [2.75, 3.05) is 72.6 Å². The van der Waals surface area contributed by atoms with Crippen LogP contribution in [0.5, 0.6) is 5.75 Å². The molecule has 2 saturated heterocycles. The highest BCUT2D eigenvalue weighted by Gasteiger charge is 2.33. The van der Waals surface area contributed by atoms with Crippen LogP contribution in [0.25, 0.3) is 6.08 Å². The molecule has 0 radical (unpaired) electrons. The molecule has 5 heteroatoms. The molecule has 27 heavy (non-hydrogen) atoms. The lowest BCUT2D eigenvalue weighted by Crippen LogP contribution is -2.48. The summed E-state index contributed by atoms with van der Waals surface area (Å²) in [5.41, 5.74) is 1.19. The third-order valence-corrected chi connectivity index (χ3v) is 6.08. The van der Waals surface area contributed by atoms with Crippen LogP contribution in [-0.2, 0) is 0 Å². The van der Waals surface area contributed by atoms with Crippen LogP contribution in [0.1, 0.15) is 12.5 Å². The van der Waals surface area contributed by atoms with Crippen LogP contribution in [0.2, 0.25) is 0 Å². The van der Waals surface area contributed by atoms with Crippen LogP contribution in [0.4, 0.5) is 0 Å². The molecular weight excluding hydrogens is 338 g/mol. The number of hydrogen-bond donors (Lipinski definition) is 1. The normalized spacial score (nSPS) is 25.4. The lowest BCUT2D eigenvalue weighted by molar-refractivity contribution is 0.106. The Morgan fingerprint density at radius 2 is 1.67 bits per heavy atom. The van der Waals surface area contributed by atoms with E-state index in [9.17, 15) is 5.11 Å². The van der Waals surface area contributed by atoms with Crippen molar-refractivity contribution in [3.05, 3.63) is 35.9 Å². The second-order valence-electron chi connectivity index (χ2n) is 7.83. The highest BCUT2D eigenvalue weighted by Crippen LogP contribution is 2.24. The van der Waals surface area contributed by atoms with Gasteiger partial charge in [0.05, 0.1) is 7.11 Å². The van der Waals surface area contributed by atoms with Gasteiger partial charge >= 0.3 is 0 Å². The predicted octanol–water partition coefficient (Wildman–Crippen LogP) is 1.89.